The van der Waals surface area contributed by atoms with Gasteiger partial charge in [0.15, 0.2) is 4.90 Å². The summed E-state index contributed by atoms with van der Waals surface area (Å²) in [5.74, 6) is -0.0981. The molecule has 0 fully saturated rings. The van der Waals surface area contributed by atoms with Crippen molar-refractivity contribution in [2.75, 3.05) is 31.7 Å². The molecular formula is C23H26FN5O2S. The lowest BCUT2D eigenvalue weighted by Gasteiger charge is -2.26. The highest BCUT2D eigenvalue weighted by Crippen LogP contribution is 2.29. The molecule has 0 spiro atoms. The highest BCUT2D eigenvalue weighted by Gasteiger charge is 2.27. The monoisotopic (exact) mass is 455 g/mol. The van der Waals surface area contributed by atoms with Crippen LogP contribution in [0.5, 0.6) is 0 Å². The van der Waals surface area contributed by atoms with E-state index in [1.165, 1.54) is 12.1 Å². The average Bonchev–Trinajstić information content (AvgIpc) is 3.32. The number of amides is 1. The molecular weight excluding hydrogens is 429 g/mol. The third-order valence-corrected chi connectivity index (χ3v) is 6.87. The van der Waals surface area contributed by atoms with Gasteiger partial charge in [-0.2, -0.15) is 5.10 Å². The fraction of sp³-hybridized carbons (Fsp3) is 0.304. The van der Waals surface area contributed by atoms with Crippen LogP contribution in [-0.4, -0.2) is 58.0 Å². The number of H-pyrrole nitrogens is 1. The van der Waals surface area contributed by atoms with Crippen molar-refractivity contribution in [3.8, 4) is 11.1 Å². The van der Waals surface area contributed by atoms with E-state index in [2.05, 4.69) is 20.8 Å². The maximum atomic E-state index is 13.6. The number of aromatic amines is 1. The van der Waals surface area contributed by atoms with Gasteiger partial charge in [0.2, 0.25) is 5.91 Å². The number of carbonyl (C=O) groups is 1. The van der Waals surface area contributed by atoms with Crippen LogP contribution in [0.15, 0.2) is 53.7 Å². The van der Waals surface area contributed by atoms with E-state index in [0.29, 0.717) is 35.8 Å². The first-order valence-corrected chi connectivity index (χ1v) is 11.7. The van der Waals surface area contributed by atoms with Gasteiger partial charge >= 0.3 is 0 Å². The Morgan fingerprint density at radius 3 is 2.84 bits per heavy atom. The number of halogens is 1. The Morgan fingerprint density at radius 1 is 1.25 bits per heavy atom. The highest BCUT2D eigenvalue weighted by molar-refractivity contribution is 7.91. The standard InChI is InChI=1S/C23H26FN5O2S/c1-29(2)7-8-32(31)22-11-15(18-13-26-27-14-18)4-6-20(22)28-23(30)21-10-17-9-19(24)5-3-16(17)12-25-21/h3-6,9,11,13-14,21,25H,7-8,10,12H2,1-2H3,(H,26,27)(H,28,30)/t21-,32?/m0/s1. The number of hydrogen-bond acceptors (Lipinski definition) is 5. The number of benzene rings is 2. The third kappa shape index (κ3) is 5.18. The van der Waals surface area contributed by atoms with Crippen LogP contribution in [0.3, 0.4) is 0 Å². The van der Waals surface area contributed by atoms with Crippen LogP contribution in [-0.2, 0) is 28.9 Å². The van der Waals surface area contributed by atoms with Crippen molar-refractivity contribution >= 4 is 22.8 Å². The summed E-state index contributed by atoms with van der Waals surface area (Å²) in [5.41, 5.74) is 4.08. The number of fused-ring (bicyclic) bond motifs is 1. The molecule has 1 amide bonds. The van der Waals surface area contributed by atoms with Gasteiger partial charge in [0.05, 0.1) is 17.9 Å². The molecule has 9 heteroatoms. The van der Waals surface area contributed by atoms with Gasteiger partial charge < -0.3 is 20.1 Å². The smallest absolute Gasteiger partial charge is 0.242 e. The molecule has 0 saturated heterocycles. The first-order valence-electron chi connectivity index (χ1n) is 10.4. The molecule has 32 heavy (non-hydrogen) atoms. The van der Waals surface area contributed by atoms with E-state index in [0.717, 1.165) is 22.3 Å². The van der Waals surface area contributed by atoms with Crippen molar-refractivity contribution in [1.29, 1.82) is 0 Å². The van der Waals surface area contributed by atoms with Crippen molar-refractivity contribution in [3.63, 3.8) is 0 Å². The summed E-state index contributed by atoms with van der Waals surface area (Å²) in [4.78, 5) is 15.6. The van der Waals surface area contributed by atoms with E-state index in [9.17, 15) is 13.7 Å². The van der Waals surface area contributed by atoms with E-state index in [4.69, 9.17) is 0 Å². The average molecular weight is 456 g/mol. The highest BCUT2D eigenvalue weighted by atomic mass is 32.2. The fourth-order valence-corrected chi connectivity index (χ4v) is 5.04. The molecule has 3 N–H and O–H groups in total. The summed E-state index contributed by atoms with van der Waals surface area (Å²) >= 11 is -1.31. The summed E-state index contributed by atoms with van der Waals surface area (Å²) < 4.78 is 26.7. The summed E-state index contributed by atoms with van der Waals surface area (Å²) in [6.07, 6.45) is 3.86. The van der Waals surface area contributed by atoms with Crippen LogP contribution >= 0.6 is 0 Å². The number of hydrogen-bond donors (Lipinski definition) is 3. The number of anilines is 1. The van der Waals surface area contributed by atoms with E-state index < -0.39 is 17.2 Å². The van der Waals surface area contributed by atoms with Crippen LogP contribution in [0.4, 0.5) is 10.1 Å². The second-order valence-electron chi connectivity index (χ2n) is 8.09. The molecule has 7 nitrogen and oxygen atoms in total. The van der Waals surface area contributed by atoms with E-state index in [1.54, 1.807) is 24.5 Å². The maximum absolute atomic E-state index is 13.6. The molecule has 4 rings (SSSR count). The van der Waals surface area contributed by atoms with Gasteiger partial charge in [0.1, 0.15) is 11.6 Å². The molecule has 2 heterocycles. The number of aromatic nitrogens is 2. The predicted octanol–water partition coefficient (Wildman–Crippen LogP) is 2.54. The Labute approximate surface area is 189 Å². The van der Waals surface area contributed by atoms with E-state index >= 15 is 0 Å². The lowest BCUT2D eigenvalue weighted by atomic mass is 9.95. The van der Waals surface area contributed by atoms with Crippen molar-refractivity contribution in [2.24, 2.45) is 0 Å². The summed E-state index contributed by atoms with van der Waals surface area (Å²) in [5, 5.41) is 12.9. The molecule has 168 valence electrons. The molecule has 0 bridgehead atoms. The molecule has 1 aromatic heterocycles. The topological polar surface area (TPSA) is 96.1 Å². The lowest BCUT2D eigenvalue weighted by molar-refractivity contribution is -0.118. The van der Waals surface area contributed by atoms with Crippen molar-refractivity contribution in [2.45, 2.75) is 23.9 Å². The molecule has 1 aliphatic rings. The Bertz CT molecular complexity index is 1090. The molecule has 1 unspecified atom stereocenters. The van der Waals surface area contributed by atoms with Gasteiger partial charge in [-0.1, -0.05) is 12.1 Å². The Kier molecular flexibility index (Phi) is 6.90. The van der Waals surface area contributed by atoms with Crippen molar-refractivity contribution in [1.82, 2.24) is 20.4 Å². The second kappa shape index (κ2) is 9.83. The number of nitrogens with one attached hydrogen (secondary N) is 3. The minimum Gasteiger partial charge on any atom is -0.611 e. The summed E-state index contributed by atoms with van der Waals surface area (Å²) in [6, 6.07) is 9.64. The molecule has 0 saturated carbocycles. The quantitative estimate of drug-likeness (QED) is 0.476. The SMILES string of the molecule is CN(C)CC[S+]([O-])c1cc(-c2cn[nH]c2)ccc1NC(=O)[C@@H]1Cc2cc(F)ccc2CN1. The van der Waals surface area contributed by atoms with Gasteiger partial charge in [-0.25, -0.2) is 4.39 Å². The Morgan fingerprint density at radius 2 is 2.09 bits per heavy atom. The van der Waals surface area contributed by atoms with Gasteiger partial charge in [-0.15, -0.1) is 0 Å². The van der Waals surface area contributed by atoms with Gasteiger partial charge in [0, 0.05) is 30.9 Å². The van der Waals surface area contributed by atoms with E-state index in [1.807, 2.05) is 31.1 Å². The van der Waals surface area contributed by atoms with Crippen LogP contribution in [0.25, 0.3) is 11.1 Å². The number of nitrogens with zero attached hydrogens (tertiary/aromatic N) is 2. The Balaban J connectivity index is 1.56. The van der Waals surface area contributed by atoms with Gasteiger partial charge in [-0.05, 0) is 66.6 Å². The van der Waals surface area contributed by atoms with Gasteiger partial charge in [-0.3, -0.25) is 9.89 Å². The molecule has 0 radical (unpaired) electrons. The van der Waals surface area contributed by atoms with Crippen LogP contribution < -0.4 is 10.6 Å². The van der Waals surface area contributed by atoms with Crippen molar-refractivity contribution < 1.29 is 13.7 Å². The molecule has 0 aliphatic carbocycles. The van der Waals surface area contributed by atoms with Crippen molar-refractivity contribution in [3.05, 3.63) is 65.7 Å². The minimum absolute atomic E-state index is 0.234. The normalized spacial score (nSPS) is 16.6. The fourth-order valence-electron chi connectivity index (χ4n) is 3.67. The lowest BCUT2D eigenvalue weighted by Crippen LogP contribution is -2.44. The third-order valence-electron chi connectivity index (χ3n) is 5.49. The van der Waals surface area contributed by atoms with Gasteiger partial charge in [0.25, 0.3) is 0 Å². The number of rotatable bonds is 7. The molecule has 2 aromatic carbocycles. The maximum Gasteiger partial charge on any atom is 0.242 e. The second-order valence-corrected chi connectivity index (χ2v) is 9.63. The zero-order valence-electron chi connectivity index (χ0n) is 18.0. The number of carbonyl (C=O) groups excluding carboxylic acids is 1. The van der Waals surface area contributed by atoms with Crippen LogP contribution in [0.1, 0.15) is 11.1 Å². The molecule has 1 aliphatic heterocycles. The molecule has 2 atom stereocenters. The Hall–Kier alpha value is -2.72. The molecule has 3 aromatic rings. The zero-order chi connectivity index (χ0) is 22.7. The van der Waals surface area contributed by atoms with Crippen LogP contribution in [0.2, 0.25) is 0 Å². The predicted molar refractivity (Wildman–Crippen MR) is 123 cm³/mol. The van der Waals surface area contributed by atoms with Crippen LogP contribution in [0, 0.1) is 5.82 Å². The largest absolute Gasteiger partial charge is 0.611 e. The summed E-state index contributed by atoms with van der Waals surface area (Å²) in [7, 11) is 3.86. The first-order chi connectivity index (χ1) is 15.4. The first kappa shape index (κ1) is 22.5. The summed E-state index contributed by atoms with van der Waals surface area (Å²) in [6.45, 7) is 1.15. The van der Waals surface area contributed by atoms with E-state index in [-0.39, 0.29) is 11.7 Å². The minimum atomic E-state index is -1.31. The zero-order valence-corrected chi connectivity index (χ0v) is 18.8.